The molecule has 0 rings (SSSR count). The Balaban J connectivity index is -0.0000000267. The zero-order valence-electron chi connectivity index (χ0n) is 34.9. The van der Waals surface area contributed by atoms with Crippen molar-refractivity contribution >= 4 is 345 Å². The Labute approximate surface area is 597 Å². The largest absolute Gasteiger partial charge is 2.00 e. The molecule has 0 aromatic rings. The van der Waals surface area contributed by atoms with Crippen LogP contribution in [0.1, 0.15) is 0 Å². The van der Waals surface area contributed by atoms with Gasteiger partial charge in [-0.1, -0.05) is 0 Å². The topological polar surface area (TPSA) is 1150 Å². The van der Waals surface area contributed by atoms with Crippen LogP contribution in [0.4, 0.5) is 0 Å². The van der Waals surface area contributed by atoms with Gasteiger partial charge in [0.15, 0.2) is 0 Å². The van der Waals surface area contributed by atoms with Crippen molar-refractivity contribution < 1.29 is 263 Å². The summed E-state index contributed by atoms with van der Waals surface area (Å²) in [5.41, 5.74) is 0. The zero-order valence-corrected chi connectivity index (χ0v) is 58.2. The minimum atomic E-state index is -5.17. The first-order chi connectivity index (χ1) is 30.0. The van der Waals surface area contributed by atoms with Crippen molar-refractivity contribution in [3.8, 4) is 0 Å². The fraction of sp³-hybridized carbons (Fsp3) is 0. The molecule has 0 aliphatic heterocycles. The van der Waals surface area contributed by atoms with Gasteiger partial charge >= 0.3 is 293 Å². The SMILES string of the molecule is O=S(=O)(O)O.O=S(=O)(O)O.O=S(=O)(O)O.O=S(=O)(O)O.O=S(=O)(O)O.O=S(=O)(O)O.O=S(=O)(O)O.O=S(=O)(O)O.O=S(=O)(O)O.O=S(=O)(O)O.O=S(=O)([O-])[O-].O=S(=O)([O-])[O-].O=S(=O)([O-])[O-].O=S(=O)([O-])[O-].O=S(=O)([O-])[O-].[Ca+2].[Ca+2].[Ca+2].[Ca+2].[Ca+2]. The van der Waals surface area contributed by atoms with Crippen LogP contribution in [-0.4, -0.2) is 452 Å². The van der Waals surface area contributed by atoms with Crippen LogP contribution in [0.25, 0.3) is 0 Å². The second kappa shape index (κ2) is 63.5. The first-order valence-corrected chi connectivity index (χ1v) is 31.0. The molecule has 0 unspecified atom stereocenters. The zero-order chi connectivity index (χ0) is 67.5. The molecule has 0 radical (unpaired) electrons. The Hall–Kier alpha value is 4.35. The van der Waals surface area contributed by atoms with Crippen LogP contribution in [0.5, 0.6) is 0 Å². The maximum Gasteiger partial charge on any atom is 2.00 e. The predicted octanol–water partition coefficient (Wildman–Crippen LogP) is -15.1. The van der Waals surface area contributed by atoms with E-state index < -0.39 is 156 Å². The van der Waals surface area contributed by atoms with Crippen molar-refractivity contribution in [3.63, 3.8) is 0 Å². The molecule has 0 amide bonds. The quantitative estimate of drug-likeness (QED) is 0.0608. The standard InChI is InChI=1S/5Ca.15H2O4S/c;;;;;15*1-5(2,3)4/h;;;;;15*(H2,1,2,3,4)/q5*+2;;;;;;;;;;;;;;;/p-10. The summed E-state index contributed by atoms with van der Waals surface area (Å²) in [6.45, 7) is 0. The van der Waals surface area contributed by atoms with Gasteiger partial charge in [-0.3, -0.25) is 133 Å². The van der Waals surface area contributed by atoms with E-state index in [1.807, 2.05) is 0 Å². The van der Waals surface area contributed by atoms with Gasteiger partial charge in [-0.2, -0.15) is 84.2 Å². The van der Waals surface area contributed by atoms with Crippen LogP contribution >= 0.6 is 0 Å². The summed E-state index contributed by atoms with van der Waals surface area (Å²) < 4.78 is 486. The fourth-order valence-corrected chi connectivity index (χ4v) is 0. The van der Waals surface area contributed by atoms with Crippen LogP contribution in [0.2, 0.25) is 0 Å². The van der Waals surface area contributed by atoms with Crippen LogP contribution in [0.15, 0.2) is 0 Å². The average molecular weight is 1660 g/mol. The smallest absolute Gasteiger partial charge is 0.759 e. The van der Waals surface area contributed by atoms with Gasteiger partial charge in [0.25, 0.3) is 0 Å². The maximum absolute atomic E-state index is 8.74. The molecule has 0 atom stereocenters. The summed E-state index contributed by atoms with van der Waals surface area (Å²) in [5, 5.41) is 0. The minimum absolute atomic E-state index is 0. The van der Waals surface area contributed by atoms with Gasteiger partial charge in [0, 0.05) is 52.0 Å². The van der Waals surface area contributed by atoms with Gasteiger partial charge in [0.2, 0.25) is 0 Å². The van der Waals surface area contributed by atoms with E-state index in [1.54, 1.807) is 0 Å². The summed E-state index contributed by atoms with van der Waals surface area (Å²) in [6.07, 6.45) is 0. The molecule has 0 saturated carbocycles. The summed E-state index contributed by atoms with van der Waals surface area (Å²) in [5.74, 6) is 0. The van der Waals surface area contributed by atoms with Crippen LogP contribution in [0.3, 0.4) is 0 Å². The van der Waals surface area contributed by atoms with E-state index in [0.717, 1.165) is 0 Å². The molecule has 480 valence electrons. The van der Waals surface area contributed by atoms with Crippen LogP contribution in [0, 0.1) is 0 Å². The summed E-state index contributed by atoms with van der Waals surface area (Å²) >= 11 is 0. The van der Waals surface area contributed by atoms with Crippen molar-refractivity contribution in [1.29, 1.82) is 0 Å². The second-order valence-electron chi connectivity index (χ2n) is 6.52. The third-order valence-corrected chi connectivity index (χ3v) is 0. The van der Waals surface area contributed by atoms with Gasteiger partial charge in [-0.15, -0.1) is 0 Å². The first-order valence-electron chi connectivity index (χ1n) is 10.3. The van der Waals surface area contributed by atoms with Gasteiger partial charge < -0.3 is 45.5 Å². The molecule has 80 heteroatoms. The Bertz CT molecular complexity index is 2210. The molecule has 0 bridgehead atoms. The molecule has 0 aliphatic rings. The summed E-state index contributed by atoms with van der Waals surface area (Å²) in [7, 11) is -72.5. The predicted molar refractivity (Wildman–Crippen MR) is 223 cm³/mol. The Kier molecular flexibility index (Phi) is 112. The normalized spacial score (nSPS) is 10.9. The van der Waals surface area contributed by atoms with Crippen molar-refractivity contribution in [2.75, 3.05) is 0 Å². The molecule has 80 heavy (non-hydrogen) atoms. The molecular formula is H20Ca5O60S15. The molecule has 0 fully saturated rings. The molecule has 0 saturated heterocycles. The molecule has 0 aromatic heterocycles. The number of hydrogen-bond donors (Lipinski definition) is 20. The average Bonchev–Trinajstić information content (AvgIpc) is 2.65. The Morgan fingerprint density at radius 1 is 0.125 bits per heavy atom. The van der Waals surface area contributed by atoms with Crippen molar-refractivity contribution in [3.05, 3.63) is 0 Å². The van der Waals surface area contributed by atoms with Gasteiger partial charge in [-0.05, 0) is 0 Å². The van der Waals surface area contributed by atoms with Crippen LogP contribution < -0.4 is 0 Å². The summed E-state index contributed by atoms with van der Waals surface area (Å²) in [6, 6.07) is 0. The van der Waals surface area contributed by atoms with Gasteiger partial charge in [0.1, 0.15) is 0 Å². The van der Waals surface area contributed by atoms with Gasteiger partial charge in [-0.25, -0.2) is 0 Å². The third kappa shape index (κ3) is 28800. The second-order valence-corrected chi connectivity index (χ2v) is 19.6. The molecule has 20 N–H and O–H groups in total. The van der Waals surface area contributed by atoms with E-state index in [4.69, 9.17) is 263 Å². The first kappa shape index (κ1) is 142. The van der Waals surface area contributed by atoms with E-state index in [-0.39, 0.29) is 189 Å². The molecule has 0 heterocycles. The van der Waals surface area contributed by atoms with E-state index in [2.05, 4.69) is 0 Å². The minimum Gasteiger partial charge on any atom is -0.759 e. The number of rotatable bonds is 0. The number of hydrogen-bond acceptors (Lipinski definition) is 40. The Morgan fingerprint density at radius 3 is 0.125 bits per heavy atom. The third-order valence-electron chi connectivity index (χ3n) is 0. The van der Waals surface area contributed by atoms with E-state index in [9.17, 15) is 0 Å². The molecular weight excluding hydrogens is 1640 g/mol. The maximum atomic E-state index is 8.74. The fourth-order valence-electron chi connectivity index (χ4n) is 0. The Morgan fingerprint density at radius 2 is 0.125 bits per heavy atom. The molecule has 0 aliphatic carbocycles. The molecule has 0 aromatic carbocycles. The molecule has 60 nitrogen and oxygen atoms in total. The summed E-state index contributed by atoms with van der Waals surface area (Å²) in [4.78, 5) is 0. The van der Waals surface area contributed by atoms with Crippen molar-refractivity contribution in [2.24, 2.45) is 0 Å². The van der Waals surface area contributed by atoms with Crippen molar-refractivity contribution in [2.45, 2.75) is 0 Å². The van der Waals surface area contributed by atoms with Crippen LogP contribution in [-0.2, 0) is 156 Å². The van der Waals surface area contributed by atoms with Gasteiger partial charge in [0.05, 0.1) is 0 Å². The van der Waals surface area contributed by atoms with E-state index in [0.29, 0.717) is 0 Å². The molecule has 0 spiro atoms. The van der Waals surface area contributed by atoms with E-state index in [1.165, 1.54) is 0 Å². The monoisotopic (exact) mass is 1660 g/mol. The van der Waals surface area contributed by atoms with Crippen molar-refractivity contribution in [1.82, 2.24) is 0 Å². The van der Waals surface area contributed by atoms with E-state index >= 15 is 0 Å².